The van der Waals surface area contributed by atoms with Crippen molar-refractivity contribution < 1.29 is 9.59 Å². The summed E-state index contributed by atoms with van der Waals surface area (Å²) < 4.78 is 0. The number of hydrogen-bond acceptors (Lipinski definition) is 6. The molecule has 0 bridgehead atoms. The number of hydrogen-bond donors (Lipinski definition) is 3. The van der Waals surface area contributed by atoms with Gasteiger partial charge in [0.05, 0.1) is 11.7 Å². The average molecular weight is 414 g/mol. The van der Waals surface area contributed by atoms with E-state index in [1.807, 2.05) is 30.3 Å². The van der Waals surface area contributed by atoms with E-state index in [0.717, 1.165) is 41.8 Å². The Morgan fingerprint density at radius 2 is 2.07 bits per heavy atom. The molecule has 1 aromatic carbocycles. The highest BCUT2D eigenvalue weighted by molar-refractivity contribution is 7.15. The van der Waals surface area contributed by atoms with Crippen molar-refractivity contribution in [2.45, 2.75) is 56.7 Å². The Bertz CT molecular complexity index is 884. The molecule has 0 spiro atoms. The number of nitrogen functional groups attached to an aromatic ring is 1. The Morgan fingerprint density at radius 1 is 1.28 bits per heavy atom. The Labute approximate surface area is 174 Å². The van der Waals surface area contributed by atoms with Crippen LogP contribution >= 0.6 is 11.3 Å². The number of fused-ring (bicyclic) bond motifs is 1. The van der Waals surface area contributed by atoms with Crippen molar-refractivity contribution in [1.82, 2.24) is 15.2 Å². The zero-order valence-electron chi connectivity index (χ0n) is 16.3. The van der Waals surface area contributed by atoms with Crippen LogP contribution in [0.5, 0.6) is 0 Å². The smallest absolute Gasteiger partial charge is 0.243 e. The van der Waals surface area contributed by atoms with Gasteiger partial charge in [-0.15, -0.1) is 11.3 Å². The summed E-state index contributed by atoms with van der Waals surface area (Å²) in [5.74, 6) is -0.221. The average Bonchev–Trinajstić information content (AvgIpc) is 3.33. The molecule has 154 valence electrons. The Morgan fingerprint density at radius 3 is 2.86 bits per heavy atom. The molecule has 2 aromatic rings. The van der Waals surface area contributed by atoms with Gasteiger partial charge in [0.1, 0.15) is 6.04 Å². The molecule has 2 aliphatic rings. The summed E-state index contributed by atoms with van der Waals surface area (Å²) in [5, 5.41) is 3.73. The number of rotatable bonds is 5. The molecule has 1 aromatic heterocycles. The number of nitrogens with zero attached hydrogens (tertiary/aromatic N) is 2. The minimum atomic E-state index is -0.636. The van der Waals surface area contributed by atoms with E-state index < -0.39 is 12.1 Å². The highest BCUT2D eigenvalue weighted by atomic mass is 32.1. The van der Waals surface area contributed by atoms with Crippen molar-refractivity contribution in [1.29, 1.82) is 0 Å². The third-order valence-corrected chi connectivity index (χ3v) is 6.71. The standard InChI is InChI=1S/C21H27N5O2S/c22-15(11-13-5-2-1-3-6-13)20(28)26-10-4-7-17(26)19(27)24-14-8-9-16-18(12-14)29-21(23)25-16/h1-3,5-6,14-15,17H,4,7-12,22H2,(H2,23,25)(H,24,27)/t14?,15-,17+/m1/s1. The highest BCUT2D eigenvalue weighted by Gasteiger charge is 2.37. The molecule has 1 saturated heterocycles. The second-order valence-corrected chi connectivity index (χ2v) is 8.97. The summed E-state index contributed by atoms with van der Waals surface area (Å²) in [6.07, 6.45) is 4.40. The van der Waals surface area contributed by atoms with Gasteiger partial charge in [0.2, 0.25) is 11.8 Å². The van der Waals surface area contributed by atoms with Gasteiger partial charge in [-0.1, -0.05) is 30.3 Å². The number of carbonyl (C=O) groups is 2. The topological polar surface area (TPSA) is 114 Å². The molecule has 1 aliphatic carbocycles. The molecule has 29 heavy (non-hydrogen) atoms. The van der Waals surface area contributed by atoms with E-state index in [0.29, 0.717) is 24.5 Å². The lowest BCUT2D eigenvalue weighted by Gasteiger charge is -2.29. The molecule has 7 nitrogen and oxygen atoms in total. The first kappa shape index (κ1) is 19.8. The maximum absolute atomic E-state index is 12.9. The van der Waals surface area contributed by atoms with Crippen molar-refractivity contribution >= 4 is 28.3 Å². The van der Waals surface area contributed by atoms with Crippen LogP contribution in [0.1, 0.15) is 35.4 Å². The lowest BCUT2D eigenvalue weighted by Crippen LogP contribution is -2.53. The molecule has 1 unspecified atom stereocenters. The molecule has 5 N–H and O–H groups in total. The van der Waals surface area contributed by atoms with Crippen molar-refractivity contribution in [3.05, 3.63) is 46.5 Å². The third kappa shape index (κ3) is 4.43. The van der Waals surface area contributed by atoms with Crippen LogP contribution in [0.4, 0.5) is 5.13 Å². The Balaban J connectivity index is 1.36. The molecular formula is C21H27N5O2S. The normalized spacial score (nSPS) is 22.2. The van der Waals surface area contributed by atoms with Crippen LogP contribution in [0, 0.1) is 0 Å². The Kier molecular flexibility index (Phi) is 5.82. The number of nitrogens with one attached hydrogen (secondary N) is 1. The number of carbonyl (C=O) groups excluding carboxylic acids is 2. The van der Waals surface area contributed by atoms with Crippen LogP contribution in [-0.4, -0.2) is 46.4 Å². The largest absolute Gasteiger partial charge is 0.375 e. The summed E-state index contributed by atoms with van der Waals surface area (Å²) in [6, 6.07) is 8.73. The lowest BCUT2D eigenvalue weighted by molar-refractivity contribution is -0.139. The number of anilines is 1. The number of aromatic nitrogens is 1. The van der Waals surface area contributed by atoms with Crippen LogP contribution < -0.4 is 16.8 Å². The molecule has 1 fully saturated rings. The van der Waals surface area contributed by atoms with Crippen molar-refractivity contribution in [2.24, 2.45) is 5.73 Å². The van der Waals surface area contributed by atoms with E-state index in [2.05, 4.69) is 10.3 Å². The Hall–Kier alpha value is -2.45. The fraction of sp³-hybridized carbons (Fsp3) is 0.476. The van der Waals surface area contributed by atoms with Gasteiger partial charge >= 0.3 is 0 Å². The van der Waals surface area contributed by atoms with Crippen LogP contribution in [0.15, 0.2) is 30.3 Å². The van der Waals surface area contributed by atoms with Gasteiger partial charge in [0.15, 0.2) is 5.13 Å². The summed E-state index contributed by atoms with van der Waals surface area (Å²) in [6.45, 7) is 0.583. The number of aryl methyl sites for hydroxylation is 1. The molecule has 2 heterocycles. The molecule has 1 aliphatic heterocycles. The number of thiazole rings is 1. The zero-order chi connectivity index (χ0) is 20.4. The summed E-state index contributed by atoms with van der Waals surface area (Å²) >= 11 is 1.50. The van der Waals surface area contributed by atoms with Gasteiger partial charge in [-0.25, -0.2) is 4.98 Å². The highest BCUT2D eigenvalue weighted by Crippen LogP contribution is 2.28. The number of benzene rings is 1. The van der Waals surface area contributed by atoms with Crippen LogP contribution in [0.25, 0.3) is 0 Å². The molecule has 2 amide bonds. The third-order valence-electron chi connectivity index (χ3n) is 5.76. The minimum absolute atomic E-state index is 0.0606. The van der Waals surface area contributed by atoms with E-state index in [1.54, 1.807) is 4.90 Å². The van der Waals surface area contributed by atoms with Crippen molar-refractivity contribution in [2.75, 3.05) is 12.3 Å². The SMILES string of the molecule is Nc1nc2c(s1)CC(NC(=O)[C@@H]1CCCN1C(=O)[C@H](N)Cc1ccccc1)CC2. The number of nitrogens with two attached hydrogens (primary N) is 2. The van der Waals surface area contributed by atoms with Gasteiger partial charge < -0.3 is 21.7 Å². The second kappa shape index (κ2) is 8.51. The van der Waals surface area contributed by atoms with Gasteiger partial charge in [0.25, 0.3) is 0 Å². The van der Waals surface area contributed by atoms with Crippen molar-refractivity contribution in [3.8, 4) is 0 Å². The van der Waals surface area contributed by atoms with Crippen LogP contribution in [-0.2, 0) is 28.9 Å². The quantitative estimate of drug-likeness (QED) is 0.683. The molecule has 0 saturated carbocycles. The second-order valence-electron chi connectivity index (χ2n) is 7.86. The van der Waals surface area contributed by atoms with Gasteiger partial charge in [-0.05, 0) is 37.7 Å². The number of likely N-dealkylation sites (tertiary alicyclic amines) is 1. The summed E-state index contributed by atoms with van der Waals surface area (Å²) in [7, 11) is 0. The van der Waals surface area contributed by atoms with E-state index in [4.69, 9.17) is 11.5 Å². The number of amides is 2. The molecule has 4 rings (SSSR count). The summed E-state index contributed by atoms with van der Waals surface area (Å²) in [5.41, 5.74) is 14.1. The molecular weight excluding hydrogens is 386 g/mol. The fourth-order valence-electron chi connectivity index (χ4n) is 4.29. The minimum Gasteiger partial charge on any atom is -0.375 e. The first-order chi connectivity index (χ1) is 14.0. The van der Waals surface area contributed by atoms with Gasteiger partial charge in [-0.3, -0.25) is 9.59 Å². The lowest BCUT2D eigenvalue weighted by atomic mass is 9.97. The maximum atomic E-state index is 12.9. The predicted octanol–water partition coefficient (Wildman–Crippen LogP) is 1.26. The van der Waals surface area contributed by atoms with E-state index in [1.165, 1.54) is 11.3 Å². The van der Waals surface area contributed by atoms with E-state index in [-0.39, 0.29) is 17.9 Å². The monoisotopic (exact) mass is 413 g/mol. The van der Waals surface area contributed by atoms with Crippen LogP contribution in [0.3, 0.4) is 0 Å². The zero-order valence-corrected chi connectivity index (χ0v) is 17.2. The van der Waals surface area contributed by atoms with Gasteiger partial charge in [-0.2, -0.15) is 0 Å². The van der Waals surface area contributed by atoms with Crippen LogP contribution in [0.2, 0.25) is 0 Å². The molecule has 0 radical (unpaired) electrons. The summed E-state index contributed by atoms with van der Waals surface area (Å²) in [4.78, 5) is 33.0. The molecule has 3 atom stereocenters. The first-order valence-electron chi connectivity index (χ1n) is 10.2. The van der Waals surface area contributed by atoms with E-state index in [9.17, 15) is 9.59 Å². The van der Waals surface area contributed by atoms with Gasteiger partial charge in [0, 0.05) is 23.9 Å². The predicted molar refractivity (Wildman–Crippen MR) is 113 cm³/mol. The molecule has 8 heteroatoms. The fourth-order valence-corrected chi connectivity index (χ4v) is 5.25. The van der Waals surface area contributed by atoms with Crippen molar-refractivity contribution in [3.63, 3.8) is 0 Å². The maximum Gasteiger partial charge on any atom is 0.243 e. The van der Waals surface area contributed by atoms with E-state index >= 15 is 0 Å². The first-order valence-corrected chi connectivity index (χ1v) is 11.0.